The van der Waals surface area contributed by atoms with E-state index in [0.29, 0.717) is 11.3 Å². The molecule has 0 aliphatic heterocycles. The predicted octanol–water partition coefficient (Wildman–Crippen LogP) is 3.65. The number of Topliss-reactive ketones (excluding diaryl/α,β-unsaturated/α-hetero) is 1. The molecule has 1 atom stereocenters. The van der Waals surface area contributed by atoms with Gasteiger partial charge in [0.2, 0.25) is 0 Å². The number of carbonyl (C=O) groups excluding carboxylic acids is 1. The largest absolute Gasteiger partial charge is 0.300 e. The summed E-state index contributed by atoms with van der Waals surface area (Å²) in [5, 5.41) is 0. The Morgan fingerprint density at radius 2 is 1.85 bits per heavy atom. The maximum atomic E-state index is 11.2. The molecule has 78 valence electrons. The van der Waals surface area contributed by atoms with Gasteiger partial charge in [-0.15, -0.1) is 11.6 Å². The third kappa shape index (κ3) is 7.06. The first-order chi connectivity index (χ1) is 5.87. The van der Waals surface area contributed by atoms with Gasteiger partial charge >= 0.3 is 0 Å². The van der Waals surface area contributed by atoms with Gasteiger partial charge in [0, 0.05) is 11.8 Å². The summed E-state index contributed by atoms with van der Waals surface area (Å²) in [4.78, 5) is 11.2. The van der Waals surface area contributed by atoms with Crippen LogP contribution in [0.1, 0.15) is 47.0 Å². The summed E-state index contributed by atoms with van der Waals surface area (Å²) < 4.78 is 0. The zero-order valence-electron chi connectivity index (χ0n) is 9.19. The standard InChI is InChI=1S/C11H21ClO/c1-9(13)10(6-8-12)5-7-11(2,3)4/h10H,5-8H2,1-4H3. The first-order valence-electron chi connectivity index (χ1n) is 4.93. The van der Waals surface area contributed by atoms with Crippen LogP contribution in [0.4, 0.5) is 0 Å². The normalized spacial score (nSPS) is 14.2. The van der Waals surface area contributed by atoms with Crippen LogP contribution in [-0.4, -0.2) is 11.7 Å². The summed E-state index contributed by atoms with van der Waals surface area (Å²) >= 11 is 5.64. The summed E-state index contributed by atoms with van der Waals surface area (Å²) in [7, 11) is 0. The van der Waals surface area contributed by atoms with Gasteiger partial charge in [-0.1, -0.05) is 20.8 Å². The first-order valence-corrected chi connectivity index (χ1v) is 5.46. The quantitative estimate of drug-likeness (QED) is 0.625. The molecule has 0 aliphatic carbocycles. The number of alkyl halides is 1. The smallest absolute Gasteiger partial charge is 0.132 e. The number of ketones is 1. The van der Waals surface area contributed by atoms with Crippen LogP contribution in [0.15, 0.2) is 0 Å². The highest BCUT2D eigenvalue weighted by molar-refractivity contribution is 6.18. The molecule has 1 nitrogen and oxygen atoms in total. The van der Waals surface area contributed by atoms with E-state index in [1.54, 1.807) is 6.92 Å². The predicted molar refractivity (Wildman–Crippen MR) is 58.2 cm³/mol. The Morgan fingerprint density at radius 3 is 2.15 bits per heavy atom. The van der Waals surface area contributed by atoms with Gasteiger partial charge in [0.1, 0.15) is 5.78 Å². The molecule has 0 rings (SSSR count). The van der Waals surface area contributed by atoms with Crippen LogP contribution >= 0.6 is 11.6 Å². The average Bonchev–Trinajstić information content (AvgIpc) is 1.95. The number of hydrogen-bond donors (Lipinski definition) is 0. The minimum atomic E-state index is 0.178. The van der Waals surface area contributed by atoms with E-state index < -0.39 is 0 Å². The van der Waals surface area contributed by atoms with Gasteiger partial charge in [-0.2, -0.15) is 0 Å². The lowest BCUT2D eigenvalue weighted by Gasteiger charge is -2.21. The molecule has 0 N–H and O–H groups in total. The van der Waals surface area contributed by atoms with Crippen molar-refractivity contribution in [2.45, 2.75) is 47.0 Å². The third-order valence-electron chi connectivity index (χ3n) is 2.28. The van der Waals surface area contributed by atoms with Crippen molar-refractivity contribution in [2.24, 2.45) is 11.3 Å². The Kier molecular flexibility index (Phi) is 5.62. The zero-order valence-corrected chi connectivity index (χ0v) is 9.95. The van der Waals surface area contributed by atoms with E-state index in [9.17, 15) is 4.79 Å². The molecule has 0 amide bonds. The molecule has 0 saturated carbocycles. The second-order valence-electron chi connectivity index (χ2n) is 4.88. The lowest BCUT2D eigenvalue weighted by atomic mass is 9.85. The SMILES string of the molecule is CC(=O)C(CCCl)CCC(C)(C)C. The lowest BCUT2D eigenvalue weighted by Crippen LogP contribution is -2.15. The maximum Gasteiger partial charge on any atom is 0.132 e. The summed E-state index contributed by atoms with van der Waals surface area (Å²) in [6.07, 6.45) is 2.90. The lowest BCUT2D eigenvalue weighted by molar-refractivity contribution is -0.121. The molecule has 0 aromatic heterocycles. The third-order valence-corrected chi connectivity index (χ3v) is 2.49. The van der Waals surface area contributed by atoms with Gasteiger partial charge in [-0.25, -0.2) is 0 Å². The van der Waals surface area contributed by atoms with Gasteiger partial charge in [0.15, 0.2) is 0 Å². The molecule has 0 aromatic carbocycles. The van der Waals surface area contributed by atoms with Gasteiger partial charge in [0.05, 0.1) is 0 Å². The van der Waals surface area contributed by atoms with Crippen molar-refractivity contribution < 1.29 is 4.79 Å². The Bertz CT molecular complexity index is 158. The van der Waals surface area contributed by atoms with Gasteiger partial charge in [0.25, 0.3) is 0 Å². The molecule has 0 aliphatic rings. The van der Waals surface area contributed by atoms with Crippen LogP contribution in [0, 0.1) is 11.3 Å². The Balaban J connectivity index is 3.90. The highest BCUT2D eigenvalue weighted by Gasteiger charge is 2.17. The van der Waals surface area contributed by atoms with Crippen molar-refractivity contribution in [1.82, 2.24) is 0 Å². The van der Waals surface area contributed by atoms with Crippen LogP contribution < -0.4 is 0 Å². The summed E-state index contributed by atoms with van der Waals surface area (Å²) in [5.74, 6) is 1.05. The Labute approximate surface area is 86.9 Å². The van der Waals surface area contributed by atoms with Crippen LogP contribution in [0.5, 0.6) is 0 Å². The highest BCUT2D eigenvalue weighted by Crippen LogP contribution is 2.25. The molecular formula is C11H21ClO. The van der Waals surface area contributed by atoms with Crippen LogP contribution in [0.25, 0.3) is 0 Å². The van der Waals surface area contributed by atoms with E-state index in [1.807, 2.05) is 0 Å². The van der Waals surface area contributed by atoms with E-state index in [4.69, 9.17) is 11.6 Å². The number of rotatable bonds is 5. The van der Waals surface area contributed by atoms with Gasteiger partial charge in [-0.3, -0.25) is 4.79 Å². The molecule has 0 bridgehead atoms. The molecule has 0 heterocycles. The average molecular weight is 205 g/mol. The first kappa shape index (κ1) is 13.0. The summed E-state index contributed by atoms with van der Waals surface area (Å²) in [6.45, 7) is 8.26. The minimum Gasteiger partial charge on any atom is -0.300 e. The van der Waals surface area contributed by atoms with Crippen molar-refractivity contribution in [3.8, 4) is 0 Å². The van der Waals surface area contributed by atoms with E-state index in [1.165, 1.54) is 0 Å². The fourth-order valence-electron chi connectivity index (χ4n) is 1.29. The summed E-state index contributed by atoms with van der Waals surface area (Å²) in [6, 6.07) is 0. The minimum absolute atomic E-state index is 0.178. The fraction of sp³-hybridized carbons (Fsp3) is 0.909. The second kappa shape index (κ2) is 5.64. The number of carbonyl (C=O) groups is 1. The van der Waals surface area contributed by atoms with E-state index in [-0.39, 0.29) is 11.7 Å². The molecule has 2 heteroatoms. The van der Waals surface area contributed by atoms with Crippen molar-refractivity contribution in [3.63, 3.8) is 0 Å². The van der Waals surface area contributed by atoms with Crippen molar-refractivity contribution in [1.29, 1.82) is 0 Å². The van der Waals surface area contributed by atoms with E-state index in [2.05, 4.69) is 20.8 Å². The zero-order chi connectivity index (χ0) is 10.5. The second-order valence-corrected chi connectivity index (χ2v) is 5.26. The van der Waals surface area contributed by atoms with Gasteiger partial charge < -0.3 is 0 Å². The molecular weight excluding hydrogens is 184 g/mol. The molecule has 13 heavy (non-hydrogen) atoms. The highest BCUT2D eigenvalue weighted by atomic mass is 35.5. The van der Waals surface area contributed by atoms with Crippen LogP contribution in [-0.2, 0) is 4.79 Å². The topological polar surface area (TPSA) is 17.1 Å². The molecule has 0 saturated heterocycles. The Hall–Kier alpha value is -0.0400. The molecule has 0 radical (unpaired) electrons. The van der Waals surface area contributed by atoms with E-state index in [0.717, 1.165) is 19.3 Å². The van der Waals surface area contributed by atoms with Crippen molar-refractivity contribution >= 4 is 17.4 Å². The fourth-order valence-corrected chi connectivity index (χ4v) is 1.55. The molecule has 0 spiro atoms. The van der Waals surface area contributed by atoms with E-state index >= 15 is 0 Å². The Morgan fingerprint density at radius 1 is 1.31 bits per heavy atom. The summed E-state index contributed by atoms with van der Waals surface area (Å²) in [5.41, 5.74) is 0.319. The molecule has 0 aromatic rings. The van der Waals surface area contributed by atoms with Gasteiger partial charge in [-0.05, 0) is 31.6 Å². The van der Waals surface area contributed by atoms with Crippen molar-refractivity contribution in [2.75, 3.05) is 5.88 Å². The number of halogens is 1. The molecule has 0 fully saturated rings. The van der Waals surface area contributed by atoms with Crippen LogP contribution in [0.3, 0.4) is 0 Å². The monoisotopic (exact) mass is 204 g/mol. The maximum absolute atomic E-state index is 11.2. The molecule has 1 unspecified atom stereocenters. The number of hydrogen-bond acceptors (Lipinski definition) is 1. The van der Waals surface area contributed by atoms with Crippen LogP contribution in [0.2, 0.25) is 0 Å². The van der Waals surface area contributed by atoms with Crippen molar-refractivity contribution in [3.05, 3.63) is 0 Å².